The number of ketones is 1. The fourth-order valence-electron chi connectivity index (χ4n) is 1.73. The third-order valence-corrected chi connectivity index (χ3v) is 2.81. The Bertz CT molecular complexity index is 671. The van der Waals surface area contributed by atoms with Gasteiger partial charge in [0.05, 0.1) is 7.11 Å². The highest BCUT2D eigenvalue weighted by Crippen LogP contribution is 2.29. The van der Waals surface area contributed by atoms with E-state index in [2.05, 4.69) is 0 Å². The van der Waals surface area contributed by atoms with Gasteiger partial charge in [-0.05, 0) is 37.3 Å². The van der Waals surface area contributed by atoms with E-state index in [0.29, 0.717) is 22.8 Å². The van der Waals surface area contributed by atoms with Gasteiger partial charge >= 0.3 is 5.97 Å². The van der Waals surface area contributed by atoms with Crippen molar-refractivity contribution in [3.63, 3.8) is 0 Å². The smallest absolute Gasteiger partial charge is 0.371 e. The van der Waals surface area contributed by atoms with Gasteiger partial charge in [0.1, 0.15) is 12.4 Å². The van der Waals surface area contributed by atoms with Crippen LogP contribution in [0.15, 0.2) is 34.7 Å². The third kappa shape index (κ3) is 3.42. The lowest BCUT2D eigenvalue weighted by Crippen LogP contribution is -1.99. The number of ether oxygens (including phenoxy) is 2. The van der Waals surface area contributed by atoms with Crippen molar-refractivity contribution in [3.8, 4) is 11.5 Å². The minimum atomic E-state index is -1.13. The SMILES string of the molecule is COc1cc(C(C)=O)ccc1OCc1ccc(C(=O)O)o1. The van der Waals surface area contributed by atoms with Crippen molar-refractivity contribution in [1.82, 2.24) is 0 Å². The number of benzene rings is 1. The minimum absolute atomic E-state index is 0.0586. The lowest BCUT2D eigenvalue weighted by molar-refractivity contribution is 0.0658. The molecule has 0 unspecified atom stereocenters. The Morgan fingerprint density at radius 2 is 1.95 bits per heavy atom. The minimum Gasteiger partial charge on any atom is -0.493 e. The molecule has 0 radical (unpaired) electrons. The lowest BCUT2D eigenvalue weighted by atomic mass is 10.1. The molecule has 0 saturated carbocycles. The zero-order chi connectivity index (χ0) is 15.4. The quantitative estimate of drug-likeness (QED) is 0.823. The van der Waals surface area contributed by atoms with E-state index in [-0.39, 0.29) is 18.2 Å². The molecule has 2 aromatic rings. The normalized spacial score (nSPS) is 10.2. The van der Waals surface area contributed by atoms with Crippen LogP contribution in [0.4, 0.5) is 0 Å². The van der Waals surface area contributed by atoms with Gasteiger partial charge in [-0.15, -0.1) is 0 Å². The summed E-state index contributed by atoms with van der Waals surface area (Å²) < 4.78 is 15.8. The first-order valence-corrected chi connectivity index (χ1v) is 6.15. The Morgan fingerprint density at radius 1 is 1.19 bits per heavy atom. The molecule has 0 bridgehead atoms. The van der Waals surface area contributed by atoms with Gasteiger partial charge in [-0.3, -0.25) is 4.79 Å². The Labute approximate surface area is 120 Å². The molecule has 1 N–H and O–H groups in total. The van der Waals surface area contributed by atoms with E-state index in [1.807, 2.05) is 0 Å². The van der Waals surface area contributed by atoms with Crippen LogP contribution >= 0.6 is 0 Å². The molecule has 0 spiro atoms. The number of carbonyl (C=O) groups is 2. The number of carboxylic acids is 1. The Morgan fingerprint density at radius 3 is 2.52 bits per heavy atom. The number of hydrogen-bond donors (Lipinski definition) is 1. The second-order valence-electron chi connectivity index (χ2n) is 4.28. The summed E-state index contributed by atoms with van der Waals surface area (Å²) in [5, 5.41) is 8.76. The molecule has 0 aliphatic rings. The van der Waals surface area contributed by atoms with Crippen LogP contribution in [0.2, 0.25) is 0 Å². The summed E-state index contributed by atoms with van der Waals surface area (Å²) in [4.78, 5) is 22.0. The van der Waals surface area contributed by atoms with E-state index in [1.165, 1.54) is 26.2 Å². The maximum atomic E-state index is 11.3. The standard InChI is InChI=1S/C15H14O6/c1-9(16)10-3-5-12(14(7-10)19-2)20-8-11-4-6-13(21-11)15(17)18/h3-7H,8H2,1-2H3,(H,17,18). The van der Waals surface area contributed by atoms with Crippen molar-refractivity contribution in [2.24, 2.45) is 0 Å². The van der Waals surface area contributed by atoms with Crippen LogP contribution in [-0.2, 0) is 6.61 Å². The Hall–Kier alpha value is -2.76. The van der Waals surface area contributed by atoms with Crippen LogP contribution in [-0.4, -0.2) is 24.0 Å². The fourth-order valence-corrected chi connectivity index (χ4v) is 1.73. The predicted molar refractivity (Wildman–Crippen MR) is 73.0 cm³/mol. The molecule has 110 valence electrons. The molecule has 0 atom stereocenters. The molecule has 6 heteroatoms. The number of Topliss-reactive ketones (excluding diaryl/α,β-unsaturated/α-hetero) is 1. The molecule has 1 aromatic heterocycles. The molecule has 0 amide bonds. The zero-order valence-corrected chi connectivity index (χ0v) is 11.6. The molecule has 1 heterocycles. The number of methoxy groups -OCH3 is 1. The average molecular weight is 290 g/mol. The van der Waals surface area contributed by atoms with Crippen molar-refractivity contribution in [2.75, 3.05) is 7.11 Å². The monoisotopic (exact) mass is 290 g/mol. The van der Waals surface area contributed by atoms with E-state index < -0.39 is 5.97 Å². The highest BCUT2D eigenvalue weighted by molar-refractivity contribution is 5.94. The molecule has 21 heavy (non-hydrogen) atoms. The van der Waals surface area contributed by atoms with Crippen molar-refractivity contribution in [1.29, 1.82) is 0 Å². The zero-order valence-electron chi connectivity index (χ0n) is 11.6. The molecule has 0 saturated heterocycles. The summed E-state index contributed by atoms with van der Waals surface area (Å²) in [7, 11) is 1.47. The summed E-state index contributed by atoms with van der Waals surface area (Å²) in [6.45, 7) is 1.52. The van der Waals surface area contributed by atoms with Gasteiger partial charge in [0.15, 0.2) is 17.3 Å². The summed E-state index contributed by atoms with van der Waals surface area (Å²) in [6, 6.07) is 7.72. The van der Waals surface area contributed by atoms with Gasteiger partial charge in [-0.1, -0.05) is 0 Å². The highest BCUT2D eigenvalue weighted by Gasteiger charge is 2.12. The second kappa shape index (κ2) is 6.13. The Kier molecular flexibility index (Phi) is 4.27. The van der Waals surface area contributed by atoms with Crippen LogP contribution in [0.1, 0.15) is 33.6 Å². The van der Waals surface area contributed by atoms with E-state index in [4.69, 9.17) is 19.0 Å². The first-order chi connectivity index (χ1) is 10.0. The van der Waals surface area contributed by atoms with E-state index in [0.717, 1.165) is 0 Å². The highest BCUT2D eigenvalue weighted by atomic mass is 16.5. The topological polar surface area (TPSA) is 86.0 Å². The maximum absolute atomic E-state index is 11.3. The first-order valence-electron chi connectivity index (χ1n) is 6.15. The van der Waals surface area contributed by atoms with Gasteiger partial charge in [0.25, 0.3) is 0 Å². The summed E-state index contributed by atoms with van der Waals surface area (Å²) in [5.41, 5.74) is 0.519. The van der Waals surface area contributed by atoms with Crippen molar-refractivity contribution in [2.45, 2.75) is 13.5 Å². The second-order valence-corrected chi connectivity index (χ2v) is 4.28. The van der Waals surface area contributed by atoms with Crippen molar-refractivity contribution >= 4 is 11.8 Å². The van der Waals surface area contributed by atoms with Crippen molar-refractivity contribution < 1.29 is 28.6 Å². The number of carboxylic acid groups (broad SMARTS) is 1. The van der Waals surface area contributed by atoms with Gasteiger partial charge in [-0.25, -0.2) is 4.79 Å². The van der Waals surface area contributed by atoms with E-state index in [1.54, 1.807) is 18.2 Å². The fraction of sp³-hybridized carbons (Fsp3) is 0.200. The maximum Gasteiger partial charge on any atom is 0.371 e. The van der Waals surface area contributed by atoms with Gasteiger partial charge in [0, 0.05) is 5.56 Å². The van der Waals surface area contributed by atoms with Crippen LogP contribution in [0, 0.1) is 0 Å². The van der Waals surface area contributed by atoms with Gasteiger partial charge in [-0.2, -0.15) is 0 Å². The predicted octanol–water partition coefficient (Wildman–Crippen LogP) is 2.77. The number of aromatic carboxylic acids is 1. The molecular formula is C15H14O6. The number of furan rings is 1. The van der Waals surface area contributed by atoms with Crippen molar-refractivity contribution in [3.05, 3.63) is 47.4 Å². The van der Waals surface area contributed by atoms with Gasteiger partial charge < -0.3 is 19.0 Å². The molecular weight excluding hydrogens is 276 g/mol. The van der Waals surface area contributed by atoms with Crippen LogP contribution in [0.25, 0.3) is 0 Å². The van der Waals surface area contributed by atoms with Crippen LogP contribution in [0.3, 0.4) is 0 Å². The molecule has 6 nitrogen and oxygen atoms in total. The lowest BCUT2D eigenvalue weighted by Gasteiger charge is -2.10. The molecule has 1 aromatic carbocycles. The average Bonchev–Trinajstić information content (AvgIpc) is 2.93. The van der Waals surface area contributed by atoms with E-state index in [9.17, 15) is 9.59 Å². The van der Waals surface area contributed by atoms with Crippen LogP contribution in [0.5, 0.6) is 11.5 Å². The number of hydrogen-bond acceptors (Lipinski definition) is 5. The largest absolute Gasteiger partial charge is 0.493 e. The summed E-state index contributed by atoms with van der Waals surface area (Å²) in [5.74, 6) is -0.109. The van der Waals surface area contributed by atoms with Gasteiger partial charge in [0.2, 0.25) is 5.76 Å². The molecule has 0 fully saturated rings. The summed E-state index contributed by atoms with van der Waals surface area (Å²) in [6.07, 6.45) is 0. The number of carbonyl (C=O) groups excluding carboxylic acids is 1. The summed E-state index contributed by atoms with van der Waals surface area (Å²) >= 11 is 0. The Balaban J connectivity index is 2.11. The number of rotatable bonds is 6. The first kappa shape index (κ1) is 14.6. The molecule has 0 aliphatic carbocycles. The van der Waals surface area contributed by atoms with E-state index >= 15 is 0 Å². The molecule has 2 rings (SSSR count). The third-order valence-electron chi connectivity index (χ3n) is 2.81. The molecule has 0 aliphatic heterocycles. The van der Waals surface area contributed by atoms with Crippen LogP contribution < -0.4 is 9.47 Å².